The second-order valence-electron chi connectivity index (χ2n) is 6.55. The highest BCUT2D eigenvalue weighted by Crippen LogP contribution is 2.17. The summed E-state index contributed by atoms with van der Waals surface area (Å²) in [5.41, 5.74) is 0. The van der Waals surface area contributed by atoms with E-state index in [1.807, 2.05) is 17.9 Å². The molecule has 0 aromatic carbocycles. The van der Waals surface area contributed by atoms with Crippen LogP contribution in [0.5, 0.6) is 0 Å². The zero-order chi connectivity index (χ0) is 16.8. The molecule has 7 heteroatoms. The van der Waals surface area contributed by atoms with Crippen molar-refractivity contribution in [3.05, 3.63) is 18.5 Å². The Kier molecular flexibility index (Phi) is 5.85. The lowest BCUT2D eigenvalue weighted by molar-refractivity contribution is 0.164. The van der Waals surface area contributed by atoms with Crippen molar-refractivity contribution in [1.82, 2.24) is 20.2 Å². The number of carbonyl (C=O) groups excluding carboxylic acids is 1. The quantitative estimate of drug-likeness (QED) is 0.884. The minimum atomic E-state index is 0.0326. The molecule has 2 aliphatic heterocycles. The lowest BCUT2D eigenvalue weighted by Gasteiger charge is -2.34. The molecule has 2 fully saturated rings. The minimum absolute atomic E-state index is 0.0326. The first-order valence-corrected chi connectivity index (χ1v) is 8.91. The molecule has 0 saturated carbocycles. The predicted molar refractivity (Wildman–Crippen MR) is 92.0 cm³/mol. The lowest BCUT2D eigenvalue weighted by atomic mass is 10.1. The van der Waals surface area contributed by atoms with Crippen molar-refractivity contribution in [2.24, 2.45) is 5.92 Å². The number of nitrogens with zero attached hydrogens (tertiary/aromatic N) is 4. The molecule has 1 N–H and O–H groups in total. The van der Waals surface area contributed by atoms with Crippen molar-refractivity contribution >= 4 is 12.0 Å². The van der Waals surface area contributed by atoms with Crippen LogP contribution in [0.3, 0.4) is 0 Å². The molecular formula is C17H27N5O2. The first-order valence-electron chi connectivity index (χ1n) is 8.91. The van der Waals surface area contributed by atoms with E-state index in [2.05, 4.69) is 20.2 Å². The number of hydrogen-bond donors (Lipinski definition) is 1. The third-order valence-electron chi connectivity index (χ3n) is 4.76. The van der Waals surface area contributed by atoms with Gasteiger partial charge < -0.3 is 19.9 Å². The second-order valence-corrected chi connectivity index (χ2v) is 6.55. The van der Waals surface area contributed by atoms with E-state index in [4.69, 9.17) is 4.74 Å². The molecule has 132 valence electrons. The fraction of sp³-hybridized carbons (Fsp3) is 0.706. The summed E-state index contributed by atoms with van der Waals surface area (Å²) in [5.74, 6) is 1.21. The van der Waals surface area contributed by atoms with Gasteiger partial charge in [-0.15, -0.1) is 0 Å². The highest BCUT2D eigenvalue weighted by molar-refractivity contribution is 5.74. The van der Waals surface area contributed by atoms with Gasteiger partial charge in [-0.05, 0) is 32.3 Å². The lowest BCUT2D eigenvalue weighted by Crippen LogP contribution is -2.52. The van der Waals surface area contributed by atoms with Gasteiger partial charge in [0.25, 0.3) is 0 Å². The van der Waals surface area contributed by atoms with Gasteiger partial charge in [-0.2, -0.15) is 0 Å². The van der Waals surface area contributed by atoms with Gasteiger partial charge in [0.15, 0.2) is 0 Å². The predicted octanol–water partition coefficient (Wildman–Crippen LogP) is 1.51. The highest BCUT2D eigenvalue weighted by atomic mass is 16.5. The third-order valence-corrected chi connectivity index (χ3v) is 4.76. The number of carbonyl (C=O) groups is 1. The van der Waals surface area contributed by atoms with E-state index in [-0.39, 0.29) is 12.1 Å². The van der Waals surface area contributed by atoms with Crippen LogP contribution in [0.4, 0.5) is 10.7 Å². The van der Waals surface area contributed by atoms with E-state index in [9.17, 15) is 4.79 Å². The highest BCUT2D eigenvalue weighted by Gasteiger charge is 2.26. The van der Waals surface area contributed by atoms with Gasteiger partial charge in [0, 0.05) is 57.1 Å². The summed E-state index contributed by atoms with van der Waals surface area (Å²) >= 11 is 0. The summed E-state index contributed by atoms with van der Waals surface area (Å²) in [6.07, 6.45) is 6.59. The standard InChI is InChI=1S/C17H27N5O2/c1-2-21(11-14-6-10-24-13-14)17(23)20-15-5-3-9-22(12-15)16-18-7-4-8-19-16/h4,7-8,14-15H,2-3,5-6,9-13H2,1H3,(H,20,23). The van der Waals surface area contributed by atoms with E-state index >= 15 is 0 Å². The van der Waals surface area contributed by atoms with Crippen LogP contribution in [-0.4, -0.2) is 66.3 Å². The van der Waals surface area contributed by atoms with Crippen molar-refractivity contribution < 1.29 is 9.53 Å². The number of nitrogens with one attached hydrogen (secondary N) is 1. The number of amides is 2. The summed E-state index contributed by atoms with van der Waals surface area (Å²) < 4.78 is 5.42. The Morgan fingerprint density at radius 3 is 2.96 bits per heavy atom. The number of aromatic nitrogens is 2. The van der Waals surface area contributed by atoms with Gasteiger partial charge in [0.1, 0.15) is 0 Å². The summed E-state index contributed by atoms with van der Waals surface area (Å²) in [4.78, 5) is 25.3. The fourth-order valence-electron chi connectivity index (χ4n) is 3.39. The van der Waals surface area contributed by atoms with Crippen LogP contribution >= 0.6 is 0 Å². The largest absolute Gasteiger partial charge is 0.381 e. The van der Waals surface area contributed by atoms with Crippen LogP contribution < -0.4 is 10.2 Å². The Morgan fingerprint density at radius 2 is 2.25 bits per heavy atom. The van der Waals surface area contributed by atoms with Gasteiger partial charge in [-0.1, -0.05) is 0 Å². The molecule has 0 aliphatic carbocycles. The minimum Gasteiger partial charge on any atom is -0.381 e. The van der Waals surface area contributed by atoms with E-state index in [1.54, 1.807) is 12.4 Å². The molecule has 24 heavy (non-hydrogen) atoms. The molecular weight excluding hydrogens is 306 g/mol. The summed E-state index contributed by atoms with van der Waals surface area (Å²) in [6, 6.07) is 1.99. The molecule has 3 rings (SSSR count). The molecule has 2 saturated heterocycles. The van der Waals surface area contributed by atoms with Crippen LogP contribution in [0.2, 0.25) is 0 Å². The molecule has 1 aromatic rings. The maximum atomic E-state index is 12.6. The molecule has 2 aliphatic rings. The number of ether oxygens (including phenoxy) is 1. The fourth-order valence-corrected chi connectivity index (χ4v) is 3.39. The molecule has 1 aromatic heterocycles. The van der Waals surface area contributed by atoms with Crippen molar-refractivity contribution in [3.63, 3.8) is 0 Å². The summed E-state index contributed by atoms with van der Waals surface area (Å²) in [7, 11) is 0. The van der Waals surface area contributed by atoms with Crippen molar-refractivity contribution in [1.29, 1.82) is 0 Å². The number of urea groups is 1. The van der Waals surface area contributed by atoms with Gasteiger partial charge in [0.05, 0.1) is 6.61 Å². The molecule has 2 atom stereocenters. The molecule has 0 radical (unpaired) electrons. The zero-order valence-electron chi connectivity index (χ0n) is 14.4. The Bertz CT molecular complexity index is 521. The molecule has 0 spiro atoms. The Morgan fingerprint density at radius 1 is 1.42 bits per heavy atom. The van der Waals surface area contributed by atoms with E-state index in [1.165, 1.54) is 0 Å². The van der Waals surface area contributed by atoms with Crippen LogP contribution in [0.25, 0.3) is 0 Å². The Balaban J connectivity index is 1.52. The van der Waals surface area contributed by atoms with E-state index < -0.39 is 0 Å². The summed E-state index contributed by atoms with van der Waals surface area (Å²) in [5, 5.41) is 3.19. The normalized spacial score (nSPS) is 24.0. The number of anilines is 1. The first-order chi connectivity index (χ1) is 11.8. The molecule has 2 unspecified atom stereocenters. The van der Waals surface area contributed by atoms with Gasteiger partial charge in [-0.3, -0.25) is 0 Å². The van der Waals surface area contributed by atoms with Crippen LogP contribution in [-0.2, 0) is 4.74 Å². The van der Waals surface area contributed by atoms with Crippen LogP contribution in [0.15, 0.2) is 18.5 Å². The Labute approximate surface area is 143 Å². The monoisotopic (exact) mass is 333 g/mol. The average molecular weight is 333 g/mol. The maximum Gasteiger partial charge on any atom is 0.317 e. The van der Waals surface area contributed by atoms with Crippen LogP contribution in [0, 0.1) is 5.92 Å². The average Bonchev–Trinajstić information content (AvgIpc) is 3.14. The van der Waals surface area contributed by atoms with E-state index in [0.717, 1.165) is 64.6 Å². The van der Waals surface area contributed by atoms with Crippen molar-refractivity contribution in [3.8, 4) is 0 Å². The zero-order valence-corrected chi connectivity index (χ0v) is 14.4. The topological polar surface area (TPSA) is 70.6 Å². The maximum absolute atomic E-state index is 12.6. The smallest absolute Gasteiger partial charge is 0.317 e. The SMILES string of the molecule is CCN(CC1CCOC1)C(=O)NC1CCCN(c2ncccn2)C1. The number of hydrogen-bond acceptors (Lipinski definition) is 5. The molecule has 3 heterocycles. The second kappa shape index (κ2) is 8.28. The molecule has 7 nitrogen and oxygen atoms in total. The number of rotatable bonds is 5. The van der Waals surface area contributed by atoms with Gasteiger partial charge >= 0.3 is 6.03 Å². The van der Waals surface area contributed by atoms with Crippen molar-refractivity contribution in [2.75, 3.05) is 44.3 Å². The Hall–Kier alpha value is -1.89. The van der Waals surface area contributed by atoms with Gasteiger partial charge in [0.2, 0.25) is 5.95 Å². The van der Waals surface area contributed by atoms with Crippen LogP contribution in [0.1, 0.15) is 26.2 Å². The van der Waals surface area contributed by atoms with Crippen molar-refractivity contribution in [2.45, 2.75) is 32.2 Å². The van der Waals surface area contributed by atoms with Gasteiger partial charge in [-0.25, -0.2) is 14.8 Å². The van der Waals surface area contributed by atoms with E-state index in [0.29, 0.717) is 5.92 Å². The molecule has 2 amide bonds. The molecule has 0 bridgehead atoms. The first kappa shape index (κ1) is 17.0. The number of piperidine rings is 1. The summed E-state index contributed by atoms with van der Waals surface area (Å²) in [6.45, 7) is 6.82. The third kappa shape index (κ3) is 4.35.